The number of rotatable bonds is 10. The number of ether oxygens (including phenoxy) is 3. The van der Waals surface area contributed by atoms with Crippen LogP contribution >= 0.6 is 11.6 Å². The number of carbonyl (C=O) groups excluding carboxylic acids is 1. The topological polar surface area (TPSA) is 94.2 Å². The molecule has 0 saturated heterocycles. The van der Waals surface area contributed by atoms with Crippen LogP contribution in [0.5, 0.6) is 23.0 Å². The number of halogens is 1. The molecule has 0 fully saturated rings. The van der Waals surface area contributed by atoms with E-state index in [1.807, 2.05) is 36.4 Å². The Morgan fingerprint density at radius 3 is 2.08 bits per heavy atom. The normalized spacial score (nSPS) is 11.0. The zero-order valence-electron chi connectivity index (χ0n) is 21.6. The largest absolute Gasteiger partial charge is 0.493 e. The van der Waals surface area contributed by atoms with E-state index in [2.05, 4.69) is 5.32 Å². The van der Waals surface area contributed by atoms with Crippen LogP contribution < -0.4 is 23.8 Å². The van der Waals surface area contributed by atoms with Crippen LogP contribution in [0.2, 0.25) is 5.02 Å². The summed E-state index contributed by atoms with van der Waals surface area (Å²) in [5, 5.41) is 3.20. The first-order valence-electron chi connectivity index (χ1n) is 11.8. The average molecular weight is 567 g/mol. The minimum atomic E-state index is -3.83. The third-order valence-corrected chi connectivity index (χ3v) is 7.11. The van der Waals surface area contributed by atoms with E-state index in [1.54, 1.807) is 42.5 Å². The first-order valence-corrected chi connectivity index (χ1v) is 14.0. The summed E-state index contributed by atoms with van der Waals surface area (Å²) in [7, 11) is -0.970. The van der Waals surface area contributed by atoms with Gasteiger partial charge in [0.2, 0.25) is 10.0 Å². The number of sulfonamides is 1. The van der Waals surface area contributed by atoms with Crippen molar-refractivity contribution < 1.29 is 27.4 Å². The maximum Gasteiger partial charge on any atom is 0.258 e. The van der Waals surface area contributed by atoms with Gasteiger partial charge in [0.1, 0.15) is 5.75 Å². The van der Waals surface area contributed by atoms with Gasteiger partial charge in [-0.1, -0.05) is 60.1 Å². The molecule has 0 spiro atoms. The Morgan fingerprint density at radius 2 is 1.46 bits per heavy atom. The zero-order valence-corrected chi connectivity index (χ0v) is 23.1. The Kier molecular flexibility index (Phi) is 8.63. The van der Waals surface area contributed by atoms with E-state index in [9.17, 15) is 13.2 Å². The summed E-state index contributed by atoms with van der Waals surface area (Å²) in [5.41, 5.74) is 1.19. The van der Waals surface area contributed by atoms with Crippen LogP contribution in [-0.2, 0) is 16.6 Å². The van der Waals surface area contributed by atoms with Gasteiger partial charge in [-0.3, -0.25) is 9.10 Å². The predicted octanol–water partition coefficient (Wildman–Crippen LogP) is 6.37. The highest BCUT2D eigenvalue weighted by molar-refractivity contribution is 7.92. The Labute approximate surface area is 232 Å². The van der Waals surface area contributed by atoms with Gasteiger partial charge in [0.25, 0.3) is 5.91 Å². The smallest absolute Gasteiger partial charge is 0.258 e. The van der Waals surface area contributed by atoms with Crippen molar-refractivity contribution in [2.24, 2.45) is 0 Å². The van der Waals surface area contributed by atoms with E-state index in [0.717, 1.165) is 16.1 Å². The van der Waals surface area contributed by atoms with Crippen LogP contribution in [0, 0.1) is 0 Å². The molecule has 10 heteroatoms. The molecule has 39 heavy (non-hydrogen) atoms. The van der Waals surface area contributed by atoms with Crippen LogP contribution in [0.25, 0.3) is 0 Å². The summed E-state index contributed by atoms with van der Waals surface area (Å²) in [4.78, 5) is 13.8. The van der Waals surface area contributed by atoms with E-state index >= 15 is 0 Å². The highest BCUT2D eigenvalue weighted by Crippen LogP contribution is 2.38. The maximum absolute atomic E-state index is 13.8. The van der Waals surface area contributed by atoms with Crippen molar-refractivity contribution in [2.75, 3.05) is 30.1 Å². The highest BCUT2D eigenvalue weighted by atomic mass is 35.5. The van der Waals surface area contributed by atoms with E-state index in [-0.39, 0.29) is 29.3 Å². The van der Waals surface area contributed by atoms with Gasteiger partial charge >= 0.3 is 0 Å². The highest BCUT2D eigenvalue weighted by Gasteiger charge is 2.27. The van der Waals surface area contributed by atoms with Gasteiger partial charge in [-0.15, -0.1) is 0 Å². The second-order valence-corrected chi connectivity index (χ2v) is 10.8. The third-order valence-electron chi connectivity index (χ3n) is 5.75. The van der Waals surface area contributed by atoms with E-state index in [1.165, 1.54) is 26.4 Å². The first kappa shape index (κ1) is 27.8. The lowest BCUT2D eigenvalue weighted by atomic mass is 10.1. The minimum Gasteiger partial charge on any atom is -0.493 e. The van der Waals surface area contributed by atoms with Gasteiger partial charge in [0.15, 0.2) is 17.2 Å². The number of nitrogens with one attached hydrogen (secondary N) is 1. The molecule has 8 nitrogen and oxygen atoms in total. The van der Waals surface area contributed by atoms with Gasteiger partial charge in [0.05, 0.1) is 44.0 Å². The predicted molar refractivity (Wildman–Crippen MR) is 153 cm³/mol. The lowest BCUT2D eigenvalue weighted by Crippen LogP contribution is -2.31. The Bertz CT molecular complexity index is 1560. The number of anilines is 2. The van der Waals surface area contributed by atoms with Gasteiger partial charge in [-0.25, -0.2) is 8.42 Å². The molecule has 0 radical (unpaired) electrons. The lowest BCUT2D eigenvalue weighted by molar-refractivity contribution is 0.102. The Balaban J connectivity index is 1.79. The van der Waals surface area contributed by atoms with Crippen molar-refractivity contribution in [1.29, 1.82) is 0 Å². The molecule has 4 rings (SSSR count). The number of hydrogen-bond donors (Lipinski definition) is 1. The van der Waals surface area contributed by atoms with Crippen molar-refractivity contribution in [3.8, 4) is 23.0 Å². The van der Waals surface area contributed by atoms with Crippen molar-refractivity contribution >= 4 is 38.9 Å². The molecular formula is C29H27ClN2O6S. The Morgan fingerprint density at radius 1 is 0.846 bits per heavy atom. The fraction of sp³-hybridized carbons (Fsp3) is 0.138. The zero-order chi connectivity index (χ0) is 28.0. The summed E-state index contributed by atoms with van der Waals surface area (Å²) in [6.07, 6.45) is 1.08. The molecule has 0 unspecified atom stereocenters. The standard InChI is InChI=1S/C29H27ClN2O6S/c1-36-27-17-23(25(18-28(27)37-2)32(39(3,34)35)19-20-10-6-4-7-11-20)29(33)31-24-16-21(30)14-15-26(24)38-22-12-8-5-9-13-22/h4-18H,19H2,1-3H3,(H,31,33). The summed E-state index contributed by atoms with van der Waals surface area (Å²) >= 11 is 6.24. The average Bonchev–Trinajstić information content (AvgIpc) is 2.93. The van der Waals surface area contributed by atoms with E-state index in [4.69, 9.17) is 25.8 Å². The first-order chi connectivity index (χ1) is 18.7. The molecule has 4 aromatic carbocycles. The van der Waals surface area contributed by atoms with Gasteiger partial charge in [-0.2, -0.15) is 0 Å². The van der Waals surface area contributed by atoms with Crippen LogP contribution in [0.4, 0.5) is 11.4 Å². The van der Waals surface area contributed by atoms with Crippen molar-refractivity contribution in [2.45, 2.75) is 6.54 Å². The quantitative estimate of drug-likeness (QED) is 0.240. The van der Waals surface area contributed by atoms with Gasteiger partial charge in [0, 0.05) is 11.1 Å². The molecule has 0 saturated carbocycles. The SMILES string of the molecule is COc1cc(C(=O)Nc2cc(Cl)ccc2Oc2ccccc2)c(N(Cc2ccccc2)S(C)(=O)=O)cc1OC. The molecular weight excluding hydrogens is 540 g/mol. The molecule has 202 valence electrons. The molecule has 0 atom stereocenters. The van der Waals surface area contributed by atoms with Crippen LogP contribution in [0.15, 0.2) is 91.0 Å². The molecule has 1 N–H and O–H groups in total. The van der Waals surface area contributed by atoms with Gasteiger partial charge < -0.3 is 19.5 Å². The summed E-state index contributed by atoms with van der Waals surface area (Å²) in [6.45, 7) is -0.00499. The monoisotopic (exact) mass is 566 g/mol. The molecule has 4 aromatic rings. The van der Waals surface area contributed by atoms with Crippen LogP contribution in [0.1, 0.15) is 15.9 Å². The number of nitrogens with zero attached hydrogens (tertiary/aromatic N) is 1. The summed E-state index contributed by atoms with van der Waals surface area (Å²) < 4.78 is 44.0. The molecule has 0 heterocycles. The van der Waals surface area contributed by atoms with E-state index in [0.29, 0.717) is 22.2 Å². The van der Waals surface area contributed by atoms with Crippen LogP contribution in [0.3, 0.4) is 0 Å². The van der Waals surface area contributed by atoms with E-state index < -0.39 is 15.9 Å². The minimum absolute atomic E-state index is 0.00499. The fourth-order valence-corrected chi connectivity index (χ4v) is 4.94. The number of hydrogen-bond acceptors (Lipinski definition) is 6. The molecule has 0 aliphatic rings. The molecule has 0 bridgehead atoms. The van der Waals surface area contributed by atoms with Crippen molar-refractivity contribution in [3.05, 3.63) is 107 Å². The second kappa shape index (κ2) is 12.1. The third kappa shape index (κ3) is 6.81. The Hall–Kier alpha value is -4.21. The fourth-order valence-electron chi connectivity index (χ4n) is 3.88. The molecule has 1 amide bonds. The van der Waals surface area contributed by atoms with Gasteiger partial charge in [-0.05, 0) is 42.0 Å². The number of amides is 1. The van der Waals surface area contributed by atoms with Crippen LogP contribution in [-0.4, -0.2) is 34.8 Å². The number of para-hydroxylation sites is 1. The number of carbonyl (C=O) groups is 1. The summed E-state index contributed by atoms with van der Waals surface area (Å²) in [6, 6.07) is 25.9. The summed E-state index contributed by atoms with van der Waals surface area (Å²) in [5.74, 6) is 0.833. The van der Waals surface area contributed by atoms with Crippen molar-refractivity contribution in [1.82, 2.24) is 0 Å². The molecule has 0 aliphatic heterocycles. The molecule has 0 aliphatic carbocycles. The number of benzene rings is 4. The van der Waals surface area contributed by atoms with Crippen molar-refractivity contribution in [3.63, 3.8) is 0 Å². The maximum atomic E-state index is 13.8. The molecule has 0 aromatic heterocycles. The number of methoxy groups -OCH3 is 2. The second-order valence-electron chi connectivity index (χ2n) is 8.49. The lowest BCUT2D eigenvalue weighted by Gasteiger charge is -2.26.